The van der Waals surface area contributed by atoms with Crippen LogP contribution in [0, 0.1) is 0 Å². The number of hydrogen-bond donors (Lipinski definition) is 1. The lowest BCUT2D eigenvalue weighted by Gasteiger charge is -2.09. The van der Waals surface area contributed by atoms with Crippen molar-refractivity contribution in [2.75, 3.05) is 0 Å². The van der Waals surface area contributed by atoms with Crippen LogP contribution in [0.2, 0.25) is 0 Å². The molecule has 0 aliphatic rings. The van der Waals surface area contributed by atoms with E-state index in [2.05, 4.69) is 4.98 Å². The predicted molar refractivity (Wildman–Crippen MR) is 30.7 cm³/mol. The third kappa shape index (κ3) is 1.72. The van der Waals surface area contributed by atoms with Gasteiger partial charge in [-0.25, -0.2) is 4.39 Å². The van der Waals surface area contributed by atoms with Gasteiger partial charge in [-0.1, -0.05) is 0 Å². The van der Waals surface area contributed by atoms with Crippen LogP contribution in [-0.2, 0) is 0 Å². The summed E-state index contributed by atoms with van der Waals surface area (Å²) in [6, 6.07) is 2.37. The van der Waals surface area contributed by atoms with Crippen molar-refractivity contribution in [2.24, 2.45) is 0 Å². The number of rotatable bonds is 1. The minimum absolute atomic E-state index is 0.461. The van der Waals surface area contributed by atoms with E-state index in [-0.39, 0.29) is 0 Å². The predicted octanol–water partition coefficient (Wildman–Crippen LogP) is 2.59. The molecule has 0 radical (unpaired) electrons. The van der Waals surface area contributed by atoms with Crippen molar-refractivity contribution in [3.8, 4) is 0 Å². The first-order valence-corrected chi connectivity index (χ1v) is 2.86. The molecule has 1 rings (SSSR count). The maximum Gasteiger partial charge on any atom is 0.425 e. The van der Waals surface area contributed by atoms with Crippen molar-refractivity contribution in [3.05, 3.63) is 24.0 Å². The summed E-state index contributed by atoms with van der Waals surface area (Å²) in [5.74, 6) is 0. The summed E-state index contributed by atoms with van der Waals surface area (Å²) < 4.78 is 47.2. The third-order valence-corrected chi connectivity index (χ3v) is 1.18. The van der Waals surface area contributed by atoms with Crippen molar-refractivity contribution in [1.29, 1.82) is 0 Å². The molecule has 0 bridgehead atoms. The van der Waals surface area contributed by atoms with Gasteiger partial charge >= 0.3 is 6.18 Å². The van der Waals surface area contributed by atoms with E-state index >= 15 is 0 Å². The number of aromatic nitrogens is 1. The Hall–Kier alpha value is -1.00. The first kappa shape index (κ1) is 8.10. The van der Waals surface area contributed by atoms with E-state index in [0.717, 1.165) is 6.07 Å². The monoisotopic (exact) mass is 167 g/mol. The largest absolute Gasteiger partial charge is 0.425 e. The van der Waals surface area contributed by atoms with E-state index in [1.54, 1.807) is 0 Å². The summed E-state index contributed by atoms with van der Waals surface area (Å²) in [4.78, 5) is 2.15. The quantitative estimate of drug-likeness (QED) is 0.618. The molecule has 62 valence electrons. The lowest BCUT2D eigenvalue weighted by molar-refractivity contribution is -0.183. The van der Waals surface area contributed by atoms with Crippen LogP contribution in [0.5, 0.6) is 0 Å². The minimum Gasteiger partial charge on any atom is -0.362 e. The number of halogens is 4. The maximum atomic E-state index is 12.3. The number of hydrogen-bond acceptors (Lipinski definition) is 0. The van der Waals surface area contributed by atoms with Crippen LogP contribution in [0.4, 0.5) is 17.6 Å². The Labute approximate surface area is 60.0 Å². The van der Waals surface area contributed by atoms with E-state index in [9.17, 15) is 17.6 Å². The van der Waals surface area contributed by atoms with Gasteiger partial charge in [-0.2, -0.15) is 13.2 Å². The Morgan fingerprint density at radius 1 is 1.36 bits per heavy atom. The van der Waals surface area contributed by atoms with Gasteiger partial charge < -0.3 is 4.98 Å². The summed E-state index contributed by atoms with van der Waals surface area (Å²) in [6.07, 6.45) is -6.48. The molecule has 1 N–H and O–H groups in total. The topological polar surface area (TPSA) is 15.8 Å². The lowest BCUT2D eigenvalue weighted by atomic mass is 10.3. The van der Waals surface area contributed by atoms with Gasteiger partial charge in [0.2, 0.25) is 6.17 Å². The first-order valence-electron chi connectivity index (χ1n) is 2.86. The van der Waals surface area contributed by atoms with Gasteiger partial charge in [-0.05, 0) is 12.1 Å². The molecular formula is C6H5F4N. The van der Waals surface area contributed by atoms with E-state index in [4.69, 9.17) is 0 Å². The SMILES string of the molecule is FC(c1ccc[nH]1)C(F)(F)F. The molecule has 0 saturated carbocycles. The molecule has 0 aliphatic carbocycles. The molecule has 0 saturated heterocycles. The van der Waals surface area contributed by atoms with E-state index in [1.807, 2.05) is 0 Å². The number of H-pyrrole nitrogens is 1. The van der Waals surface area contributed by atoms with E-state index < -0.39 is 18.0 Å². The normalized spacial score (nSPS) is 14.9. The average Bonchev–Trinajstić information content (AvgIpc) is 2.34. The van der Waals surface area contributed by atoms with Gasteiger partial charge in [-0.3, -0.25) is 0 Å². The van der Waals surface area contributed by atoms with Crippen molar-refractivity contribution in [3.63, 3.8) is 0 Å². The summed E-state index contributed by atoms with van der Waals surface area (Å²) in [5, 5.41) is 0. The molecule has 0 amide bonds. The minimum atomic E-state index is -4.81. The molecule has 5 heteroatoms. The molecule has 0 fully saturated rings. The fourth-order valence-electron chi connectivity index (χ4n) is 0.678. The second-order valence-corrected chi connectivity index (χ2v) is 2.03. The smallest absolute Gasteiger partial charge is 0.362 e. The Bertz CT molecular complexity index is 213. The number of alkyl halides is 4. The van der Waals surface area contributed by atoms with Crippen LogP contribution in [0.15, 0.2) is 18.3 Å². The standard InChI is InChI=1S/C6H5F4N/c7-5(6(8,9)10)4-2-1-3-11-4/h1-3,5,11H. The molecule has 1 atom stereocenters. The summed E-state index contributed by atoms with van der Waals surface area (Å²) in [5.41, 5.74) is -0.461. The molecular weight excluding hydrogens is 162 g/mol. The van der Waals surface area contributed by atoms with Crippen LogP contribution >= 0.6 is 0 Å². The molecule has 1 unspecified atom stereocenters. The Balaban J connectivity index is 2.78. The maximum absolute atomic E-state index is 12.3. The molecule has 0 aliphatic heterocycles. The van der Waals surface area contributed by atoms with E-state index in [0.29, 0.717) is 0 Å². The van der Waals surface area contributed by atoms with Gasteiger partial charge in [0.15, 0.2) is 0 Å². The molecule has 11 heavy (non-hydrogen) atoms. The number of nitrogens with one attached hydrogen (secondary N) is 1. The van der Waals surface area contributed by atoms with Gasteiger partial charge in [0.1, 0.15) is 0 Å². The lowest BCUT2D eigenvalue weighted by Crippen LogP contribution is -2.16. The fourth-order valence-corrected chi connectivity index (χ4v) is 0.678. The first-order chi connectivity index (χ1) is 5.02. The van der Waals surface area contributed by atoms with Crippen LogP contribution in [-0.4, -0.2) is 11.2 Å². The zero-order chi connectivity index (χ0) is 8.48. The highest BCUT2D eigenvalue weighted by Crippen LogP contribution is 2.34. The van der Waals surface area contributed by atoms with Crippen LogP contribution in [0.1, 0.15) is 11.9 Å². The fraction of sp³-hybridized carbons (Fsp3) is 0.333. The van der Waals surface area contributed by atoms with Crippen LogP contribution < -0.4 is 0 Å². The molecule has 1 aromatic heterocycles. The Morgan fingerprint density at radius 2 is 2.00 bits per heavy atom. The highest BCUT2D eigenvalue weighted by molar-refractivity contribution is 5.08. The van der Waals surface area contributed by atoms with Gasteiger partial charge in [0.25, 0.3) is 0 Å². The number of aromatic amines is 1. The van der Waals surface area contributed by atoms with Crippen LogP contribution in [0.25, 0.3) is 0 Å². The average molecular weight is 167 g/mol. The Morgan fingerprint density at radius 3 is 2.36 bits per heavy atom. The zero-order valence-electron chi connectivity index (χ0n) is 5.32. The molecule has 1 heterocycles. The third-order valence-electron chi connectivity index (χ3n) is 1.18. The van der Waals surface area contributed by atoms with Gasteiger partial charge in [-0.15, -0.1) is 0 Å². The Kier molecular flexibility index (Phi) is 1.89. The molecule has 1 nitrogen and oxygen atoms in total. The molecule has 0 spiro atoms. The van der Waals surface area contributed by atoms with Crippen molar-refractivity contribution >= 4 is 0 Å². The van der Waals surface area contributed by atoms with Crippen LogP contribution in [0.3, 0.4) is 0 Å². The molecule has 1 aromatic rings. The zero-order valence-corrected chi connectivity index (χ0v) is 5.32. The second kappa shape index (κ2) is 2.56. The van der Waals surface area contributed by atoms with Crippen molar-refractivity contribution in [2.45, 2.75) is 12.3 Å². The summed E-state index contributed by atoms with van der Waals surface area (Å²) in [7, 11) is 0. The summed E-state index contributed by atoms with van der Waals surface area (Å²) >= 11 is 0. The van der Waals surface area contributed by atoms with Gasteiger partial charge in [0, 0.05) is 6.20 Å². The highest BCUT2D eigenvalue weighted by atomic mass is 19.4. The second-order valence-electron chi connectivity index (χ2n) is 2.03. The van der Waals surface area contributed by atoms with Crippen molar-refractivity contribution < 1.29 is 17.6 Å². The molecule has 0 aromatic carbocycles. The van der Waals surface area contributed by atoms with Crippen molar-refractivity contribution in [1.82, 2.24) is 4.98 Å². The van der Waals surface area contributed by atoms with Gasteiger partial charge in [0.05, 0.1) is 5.69 Å². The van der Waals surface area contributed by atoms with E-state index in [1.165, 1.54) is 12.3 Å². The highest BCUT2D eigenvalue weighted by Gasteiger charge is 2.41. The summed E-state index contributed by atoms with van der Waals surface area (Å²) in [6.45, 7) is 0.